The van der Waals surface area contributed by atoms with Crippen LogP contribution >= 0.6 is 0 Å². The Bertz CT molecular complexity index is 558. The van der Waals surface area contributed by atoms with Crippen LogP contribution in [0.5, 0.6) is 5.75 Å². The third-order valence-electron chi connectivity index (χ3n) is 4.41. The number of ether oxygens (including phenoxy) is 1. The topological polar surface area (TPSA) is 21.3 Å². The minimum absolute atomic E-state index is 0.222. The van der Waals surface area contributed by atoms with Gasteiger partial charge in [-0.1, -0.05) is 48.9 Å². The maximum Gasteiger partial charge on any atom is 0.119 e. The van der Waals surface area contributed by atoms with E-state index >= 15 is 0 Å². The summed E-state index contributed by atoms with van der Waals surface area (Å²) in [4.78, 5) is 0. The van der Waals surface area contributed by atoms with Gasteiger partial charge in [0, 0.05) is 6.04 Å². The van der Waals surface area contributed by atoms with Crippen LogP contribution in [0.15, 0.2) is 54.6 Å². The highest BCUT2D eigenvalue weighted by atomic mass is 16.5. The molecule has 2 atom stereocenters. The van der Waals surface area contributed by atoms with Gasteiger partial charge in [0.15, 0.2) is 0 Å². The van der Waals surface area contributed by atoms with Gasteiger partial charge in [-0.25, -0.2) is 0 Å². The lowest BCUT2D eigenvalue weighted by Crippen LogP contribution is -2.44. The first-order valence-corrected chi connectivity index (χ1v) is 8.34. The number of benzene rings is 2. The molecule has 2 aromatic carbocycles. The molecule has 116 valence electrons. The second kappa shape index (κ2) is 7.46. The fourth-order valence-electron chi connectivity index (χ4n) is 3.09. The molecule has 0 radical (unpaired) electrons. The highest BCUT2D eigenvalue weighted by Crippen LogP contribution is 2.19. The highest BCUT2D eigenvalue weighted by molar-refractivity contribution is 5.31. The minimum Gasteiger partial charge on any atom is -0.489 e. The van der Waals surface area contributed by atoms with E-state index in [0.29, 0.717) is 6.04 Å². The van der Waals surface area contributed by atoms with Crippen molar-refractivity contribution in [3.05, 3.63) is 65.7 Å². The molecule has 2 aromatic rings. The second-order valence-electron chi connectivity index (χ2n) is 6.19. The molecule has 1 aliphatic heterocycles. The van der Waals surface area contributed by atoms with Crippen molar-refractivity contribution in [2.45, 2.75) is 44.8 Å². The first-order chi connectivity index (χ1) is 10.8. The molecule has 0 spiro atoms. The quantitative estimate of drug-likeness (QED) is 0.893. The summed E-state index contributed by atoms with van der Waals surface area (Å²) < 4.78 is 6.10. The molecular formula is C20H25NO. The van der Waals surface area contributed by atoms with E-state index in [1.54, 1.807) is 0 Å². The third kappa shape index (κ3) is 4.11. The summed E-state index contributed by atoms with van der Waals surface area (Å²) in [6.45, 7) is 3.29. The van der Waals surface area contributed by atoms with Gasteiger partial charge >= 0.3 is 0 Å². The fourth-order valence-corrected chi connectivity index (χ4v) is 3.09. The van der Waals surface area contributed by atoms with Crippen molar-refractivity contribution in [2.75, 3.05) is 6.54 Å². The highest BCUT2D eigenvalue weighted by Gasteiger charge is 2.20. The molecule has 1 unspecified atom stereocenters. The first kappa shape index (κ1) is 15.1. The molecule has 0 saturated carbocycles. The summed E-state index contributed by atoms with van der Waals surface area (Å²) in [7, 11) is 0. The minimum atomic E-state index is 0.222. The van der Waals surface area contributed by atoms with E-state index < -0.39 is 0 Å². The van der Waals surface area contributed by atoms with Crippen molar-refractivity contribution < 1.29 is 4.74 Å². The van der Waals surface area contributed by atoms with Crippen molar-refractivity contribution in [2.24, 2.45) is 0 Å². The summed E-state index contributed by atoms with van der Waals surface area (Å²) in [5.41, 5.74) is 2.66. The molecule has 1 fully saturated rings. The lowest BCUT2D eigenvalue weighted by molar-refractivity contribution is 0.152. The van der Waals surface area contributed by atoms with Crippen LogP contribution in [-0.2, 0) is 6.42 Å². The van der Waals surface area contributed by atoms with E-state index in [9.17, 15) is 0 Å². The van der Waals surface area contributed by atoms with Crippen molar-refractivity contribution in [1.29, 1.82) is 0 Å². The van der Waals surface area contributed by atoms with Gasteiger partial charge in [-0.15, -0.1) is 0 Å². The molecule has 0 bridgehead atoms. The number of piperidine rings is 1. The van der Waals surface area contributed by atoms with E-state index in [-0.39, 0.29) is 6.10 Å². The monoisotopic (exact) mass is 295 g/mol. The van der Waals surface area contributed by atoms with Gasteiger partial charge in [-0.05, 0) is 56.0 Å². The van der Waals surface area contributed by atoms with Gasteiger partial charge in [-0.2, -0.15) is 0 Å². The molecule has 1 N–H and O–H groups in total. The summed E-state index contributed by atoms with van der Waals surface area (Å²) in [5, 5.41) is 3.56. The molecule has 22 heavy (non-hydrogen) atoms. The Balaban J connectivity index is 1.57. The van der Waals surface area contributed by atoms with Gasteiger partial charge in [0.25, 0.3) is 0 Å². The van der Waals surface area contributed by atoms with Crippen LogP contribution in [-0.4, -0.2) is 18.7 Å². The van der Waals surface area contributed by atoms with Gasteiger partial charge in [0.05, 0.1) is 0 Å². The normalized spacial score (nSPS) is 19.6. The van der Waals surface area contributed by atoms with E-state index in [1.807, 2.05) is 0 Å². The molecule has 0 aromatic heterocycles. The molecule has 1 heterocycles. The maximum absolute atomic E-state index is 6.10. The van der Waals surface area contributed by atoms with Crippen LogP contribution in [0.1, 0.15) is 37.3 Å². The zero-order valence-corrected chi connectivity index (χ0v) is 13.3. The fraction of sp³-hybridized carbons (Fsp3) is 0.400. The number of hydrogen-bond acceptors (Lipinski definition) is 2. The Hall–Kier alpha value is -1.80. The maximum atomic E-state index is 6.10. The zero-order chi connectivity index (χ0) is 15.2. The van der Waals surface area contributed by atoms with Gasteiger partial charge in [0.1, 0.15) is 11.9 Å². The smallest absolute Gasteiger partial charge is 0.119 e. The van der Waals surface area contributed by atoms with Gasteiger partial charge in [-0.3, -0.25) is 0 Å². The predicted octanol–water partition coefficient (Wildman–Crippen LogP) is 4.19. The van der Waals surface area contributed by atoms with Crippen molar-refractivity contribution >= 4 is 0 Å². The Labute approximate surface area is 133 Å². The Morgan fingerprint density at radius 2 is 1.73 bits per heavy atom. The van der Waals surface area contributed by atoms with Crippen LogP contribution in [0, 0.1) is 0 Å². The molecule has 1 saturated heterocycles. The molecule has 2 heteroatoms. The predicted molar refractivity (Wildman–Crippen MR) is 91.4 cm³/mol. The molecule has 3 rings (SSSR count). The first-order valence-electron chi connectivity index (χ1n) is 8.34. The molecular weight excluding hydrogens is 270 g/mol. The van der Waals surface area contributed by atoms with Crippen LogP contribution in [0.4, 0.5) is 0 Å². The number of nitrogens with one attached hydrogen (secondary N) is 1. The number of rotatable bonds is 5. The average molecular weight is 295 g/mol. The summed E-state index contributed by atoms with van der Waals surface area (Å²) in [6, 6.07) is 19.6. The van der Waals surface area contributed by atoms with Crippen LogP contribution in [0.3, 0.4) is 0 Å². The molecule has 2 nitrogen and oxygen atoms in total. The van der Waals surface area contributed by atoms with E-state index in [0.717, 1.165) is 18.7 Å². The summed E-state index contributed by atoms with van der Waals surface area (Å²) in [6.07, 6.45) is 5.01. The van der Waals surface area contributed by atoms with Crippen molar-refractivity contribution in [3.8, 4) is 5.75 Å². The summed E-state index contributed by atoms with van der Waals surface area (Å²) >= 11 is 0. The zero-order valence-electron chi connectivity index (χ0n) is 13.3. The largest absolute Gasteiger partial charge is 0.489 e. The molecule has 0 amide bonds. The van der Waals surface area contributed by atoms with Crippen molar-refractivity contribution in [3.63, 3.8) is 0 Å². The van der Waals surface area contributed by atoms with E-state index in [1.165, 1.54) is 30.4 Å². The standard InChI is InChI=1S/C20H25NO/c1-16(20-9-5-6-14-21-20)22-19-12-10-18(11-13-19)15-17-7-3-2-4-8-17/h2-4,7-8,10-13,16,20-21H,5-6,9,14-15H2,1H3/t16?,20-/m0/s1. The van der Waals surface area contributed by atoms with Crippen molar-refractivity contribution in [1.82, 2.24) is 5.32 Å². The van der Waals surface area contributed by atoms with E-state index in [2.05, 4.69) is 66.8 Å². The van der Waals surface area contributed by atoms with Gasteiger partial charge in [0.2, 0.25) is 0 Å². The van der Waals surface area contributed by atoms with Gasteiger partial charge < -0.3 is 10.1 Å². The lowest BCUT2D eigenvalue weighted by Gasteiger charge is -2.29. The lowest BCUT2D eigenvalue weighted by atomic mass is 10.0. The number of hydrogen-bond donors (Lipinski definition) is 1. The van der Waals surface area contributed by atoms with Crippen LogP contribution < -0.4 is 10.1 Å². The van der Waals surface area contributed by atoms with E-state index in [4.69, 9.17) is 4.74 Å². The van der Waals surface area contributed by atoms with Crippen LogP contribution in [0.2, 0.25) is 0 Å². The SMILES string of the molecule is CC(Oc1ccc(Cc2ccccc2)cc1)[C@@H]1CCCCN1. The van der Waals surface area contributed by atoms with Crippen LogP contribution in [0.25, 0.3) is 0 Å². The Morgan fingerprint density at radius 1 is 1.00 bits per heavy atom. The Kier molecular flexibility index (Phi) is 5.12. The third-order valence-corrected chi connectivity index (χ3v) is 4.41. The second-order valence-corrected chi connectivity index (χ2v) is 6.19. The average Bonchev–Trinajstić information content (AvgIpc) is 2.58. The Morgan fingerprint density at radius 3 is 2.41 bits per heavy atom. The molecule has 0 aliphatic carbocycles. The molecule has 1 aliphatic rings. The summed E-state index contributed by atoms with van der Waals surface area (Å²) in [5.74, 6) is 0.969.